The number of aromatic nitrogens is 1. The molecule has 0 radical (unpaired) electrons. The first-order valence-corrected chi connectivity index (χ1v) is 9.72. The van der Waals surface area contributed by atoms with Crippen molar-refractivity contribution in [3.8, 4) is 0 Å². The van der Waals surface area contributed by atoms with Crippen LogP contribution in [0.1, 0.15) is 16.2 Å². The van der Waals surface area contributed by atoms with Crippen LogP contribution in [-0.2, 0) is 16.1 Å². The number of fused-ring (bicyclic) bond motifs is 1. The summed E-state index contributed by atoms with van der Waals surface area (Å²) in [7, 11) is 0. The number of nitrogens with zero attached hydrogens (tertiary/aromatic N) is 2. The molecule has 2 aromatic heterocycles. The fourth-order valence-corrected chi connectivity index (χ4v) is 4.76. The smallest absolute Gasteiger partial charge is 0.229 e. The Labute approximate surface area is 153 Å². The van der Waals surface area contributed by atoms with Gasteiger partial charge in [-0.2, -0.15) is 0 Å². The molecular formula is C18H17N3O2S2. The quantitative estimate of drug-likeness (QED) is 0.765. The lowest BCUT2D eigenvalue weighted by Gasteiger charge is -2.13. The van der Waals surface area contributed by atoms with E-state index in [9.17, 15) is 9.59 Å². The number of para-hydroxylation sites is 1. The van der Waals surface area contributed by atoms with Crippen LogP contribution in [0.2, 0.25) is 0 Å². The number of carbonyl (C=O) groups is 2. The van der Waals surface area contributed by atoms with E-state index in [1.165, 1.54) is 16.2 Å². The van der Waals surface area contributed by atoms with Gasteiger partial charge in [0.1, 0.15) is 0 Å². The first-order valence-electron chi connectivity index (χ1n) is 8.09. The molecule has 5 nitrogen and oxygen atoms in total. The van der Waals surface area contributed by atoms with E-state index >= 15 is 0 Å². The Balaban J connectivity index is 1.43. The Morgan fingerprint density at radius 3 is 2.88 bits per heavy atom. The molecule has 1 fully saturated rings. The average Bonchev–Trinajstić information content (AvgIpc) is 3.30. The fraction of sp³-hybridized carbons (Fsp3) is 0.278. The van der Waals surface area contributed by atoms with Gasteiger partial charge in [-0.1, -0.05) is 23.5 Å². The monoisotopic (exact) mass is 371 g/mol. The van der Waals surface area contributed by atoms with Crippen LogP contribution in [0.3, 0.4) is 0 Å². The topological polar surface area (TPSA) is 62.3 Å². The Bertz CT molecular complexity index is 914. The number of aryl methyl sites for hydroxylation is 1. The molecule has 3 aromatic rings. The average molecular weight is 371 g/mol. The van der Waals surface area contributed by atoms with E-state index in [0.717, 1.165) is 15.1 Å². The Morgan fingerprint density at radius 2 is 2.12 bits per heavy atom. The number of thiazole rings is 1. The van der Waals surface area contributed by atoms with E-state index in [0.29, 0.717) is 18.2 Å². The van der Waals surface area contributed by atoms with Crippen molar-refractivity contribution in [1.29, 1.82) is 0 Å². The van der Waals surface area contributed by atoms with Gasteiger partial charge in [0.15, 0.2) is 5.13 Å². The summed E-state index contributed by atoms with van der Waals surface area (Å²) in [6.07, 6.45) is 0.241. The van der Waals surface area contributed by atoms with Gasteiger partial charge in [0.05, 0.1) is 22.7 Å². The largest absolute Gasteiger partial charge is 0.351 e. The van der Waals surface area contributed by atoms with Crippen LogP contribution in [-0.4, -0.2) is 23.3 Å². The van der Waals surface area contributed by atoms with Crippen molar-refractivity contribution in [2.24, 2.45) is 5.92 Å². The van der Waals surface area contributed by atoms with Crippen molar-refractivity contribution < 1.29 is 9.59 Å². The first-order chi connectivity index (χ1) is 12.1. The minimum Gasteiger partial charge on any atom is -0.351 e. The van der Waals surface area contributed by atoms with Crippen LogP contribution in [0.4, 0.5) is 5.13 Å². The molecule has 1 N–H and O–H groups in total. The summed E-state index contributed by atoms with van der Waals surface area (Å²) in [5.41, 5.74) is 0.885. The molecule has 0 spiro atoms. The lowest BCUT2D eigenvalue weighted by Crippen LogP contribution is -2.32. The van der Waals surface area contributed by atoms with Crippen LogP contribution >= 0.6 is 22.7 Å². The van der Waals surface area contributed by atoms with E-state index in [1.54, 1.807) is 16.2 Å². The van der Waals surface area contributed by atoms with Gasteiger partial charge in [0.25, 0.3) is 0 Å². The Hall–Kier alpha value is -2.25. The number of thiophene rings is 1. The number of rotatable bonds is 4. The molecule has 2 amide bonds. The summed E-state index contributed by atoms with van der Waals surface area (Å²) in [6.45, 7) is 2.96. The molecule has 4 rings (SSSR count). The molecule has 128 valence electrons. The van der Waals surface area contributed by atoms with E-state index < -0.39 is 0 Å². The second-order valence-corrected chi connectivity index (χ2v) is 8.48. The minimum absolute atomic E-state index is 0.0359. The molecule has 1 unspecified atom stereocenters. The number of hydrogen-bond acceptors (Lipinski definition) is 5. The number of nitrogens with one attached hydrogen (secondary N) is 1. The van der Waals surface area contributed by atoms with Crippen molar-refractivity contribution in [2.75, 3.05) is 11.4 Å². The standard InChI is InChI=1S/C18H17N3O2S2/c1-11-6-7-13(24-11)9-19-17(23)12-8-16(22)21(10-12)18-20-14-4-2-3-5-15(14)25-18/h2-7,12H,8-10H2,1H3,(H,19,23). The van der Waals surface area contributed by atoms with Crippen molar-refractivity contribution in [3.63, 3.8) is 0 Å². The van der Waals surface area contributed by atoms with Gasteiger partial charge < -0.3 is 5.32 Å². The molecule has 1 aliphatic rings. The summed E-state index contributed by atoms with van der Waals surface area (Å²) in [5.74, 6) is -0.422. The lowest BCUT2D eigenvalue weighted by molar-refractivity contribution is -0.126. The molecule has 1 aliphatic heterocycles. The predicted molar refractivity (Wildman–Crippen MR) is 101 cm³/mol. The zero-order chi connectivity index (χ0) is 17.4. The van der Waals surface area contributed by atoms with Gasteiger partial charge >= 0.3 is 0 Å². The molecule has 0 bridgehead atoms. The third kappa shape index (κ3) is 3.29. The molecule has 1 atom stereocenters. The highest BCUT2D eigenvalue weighted by Crippen LogP contribution is 2.32. The van der Waals surface area contributed by atoms with Crippen LogP contribution < -0.4 is 10.2 Å². The Kier molecular flexibility index (Phi) is 4.27. The number of carbonyl (C=O) groups excluding carboxylic acids is 2. The van der Waals surface area contributed by atoms with E-state index in [-0.39, 0.29) is 24.2 Å². The van der Waals surface area contributed by atoms with Crippen molar-refractivity contribution >= 4 is 49.8 Å². The zero-order valence-electron chi connectivity index (χ0n) is 13.7. The first kappa shape index (κ1) is 16.2. The maximum Gasteiger partial charge on any atom is 0.229 e. The number of benzene rings is 1. The van der Waals surface area contributed by atoms with E-state index in [4.69, 9.17) is 0 Å². The van der Waals surface area contributed by atoms with Crippen LogP contribution in [0, 0.1) is 12.8 Å². The molecule has 1 aromatic carbocycles. The summed E-state index contributed by atoms with van der Waals surface area (Å²) in [4.78, 5) is 33.3. The highest BCUT2D eigenvalue weighted by atomic mass is 32.1. The van der Waals surface area contributed by atoms with Gasteiger partial charge in [-0.25, -0.2) is 4.98 Å². The molecule has 25 heavy (non-hydrogen) atoms. The third-order valence-corrected chi connectivity index (χ3v) is 6.30. The molecular weight excluding hydrogens is 354 g/mol. The maximum atomic E-state index is 12.4. The number of amides is 2. The highest BCUT2D eigenvalue weighted by molar-refractivity contribution is 7.22. The fourth-order valence-electron chi connectivity index (χ4n) is 2.94. The molecule has 0 saturated carbocycles. The molecule has 3 heterocycles. The van der Waals surface area contributed by atoms with E-state index in [2.05, 4.69) is 10.3 Å². The van der Waals surface area contributed by atoms with Crippen molar-refractivity contribution in [3.05, 3.63) is 46.2 Å². The summed E-state index contributed by atoms with van der Waals surface area (Å²) in [5, 5.41) is 3.63. The molecule has 1 saturated heterocycles. The second-order valence-electron chi connectivity index (χ2n) is 6.10. The van der Waals surface area contributed by atoms with Crippen LogP contribution in [0.5, 0.6) is 0 Å². The van der Waals surface area contributed by atoms with Gasteiger partial charge in [0.2, 0.25) is 11.8 Å². The van der Waals surface area contributed by atoms with Gasteiger partial charge in [-0.15, -0.1) is 11.3 Å². The normalized spacial score (nSPS) is 17.4. The number of hydrogen-bond donors (Lipinski definition) is 1. The third-order valence-electron chi connectivity index (χ3n) is 4.24. The second kappa shape index (κ2) is 6.57. The Morgan fingerprint density at radius 1 is 1.28 bits per heavy atom. The lowest BCUT2D eigenvalue weighted by atomic mass is 10.1. The zero-order valence-corrected chi connectivity index (χ0v) is 15.3. The molecule has 7 heteroatoms. The molecule has 0 aliphatic carbocycles. The summed E-state index contributed by atoms with van der Waals surface area (Å²) < 4.78 is 1.05. The minimum atomic E-state index is -0.319. The van der Waals surface area contributed by atoms with Crippen LogP contribution in [0.25, 0.3) is 10.2 Å². The van der Waals surface area contributed by atoms with Crippen LogP contribution in [0.15, 0.2) is 36.4 Å². The number of anilines is 1. The van der Waals surface area contributed by atoms with Crippen molar-refractivity contribution in [1.82, 2.24) is 10.3 Å². The predicted octanol–water partition coefficient (Wildman–Crippen LogP) is 3.34. The maximum absolute atomic E-state index is 12.4. The van der Waals surface area contributed by atoms with Gasteiger partial charge in [-0.05, 0) is 31.2 Å². The van der Waals surface area contributed by atoms with E-state index in [1.807, 2.05) is 43.3 Å². The highest BCUT2D eigenvalue weighted by Gasteiger charge is 2.36. The summed E-state index contributed by atoms with van der Waals surface area (Å²) >= 11 is 3.16. The van der Waals surface area contributed by atoms with Gasteiger partial charge in [0, 0.05) is 22.7 Å². The van der Waals surface area contributed by atoms with Gasteiger partial charge in [-0.3, -0.25) is 14.5 Å². The SMILES string of the molecule is Cc1ccc(CNC(=O)C2CC(=O)N(c3nc4ccccc4s3)C2)s1. The summed E-state index contributed by atoms with van der Waals surface area (Å²) in [6, 6.07) is 11.9. The van der Waals surface area contributed by atoms with Crippen molar-refractivity contribution in [2.45, 2.75) is 19.9 Å².